The summed E-state index contributed by atoms with van der Waals surface area (Å²) in [7, 11) is -7.22. The lowest BCUT2D eigenvalue weighted by Gasteiger charge is -2.15. The fourth-order valence-corrected chi connectivity index (χ4v) is 3.90. The van der Waals surface area contributed by atoms with Crippen LogP contribution in [-0.2, 0) is 25.0 Å². The summed E-state index contributed by atoms with van der Waals surface area (Å²) in [6.45, 7) is 3.20. The average molecular weight is 339 g/mol. The minimum Gasteiger partial charge on any atom is -0.380 e. The van der Waals surface area contributed by atoms with Crippen LogP contribution >= 0.6 is 0 Å². The molecular weight excluding hydrogens is 321 g/mol. The van der Waals surface area contributed by atoms with Crippen LogP contribution in [0.2, 0.25) is 0 Å². The molecule has 0 heterocycles. The van der Waals surface area contributed by atoms with Gasteiger partial charge in [0.2, 0.25) is 10.0 Å². The van der Waals surface area contributed by atoms with Crippen LogP contribution in [0.25, 0.3) is 0 Å². The number of rotatable bonds is 7. The quantitative estimate of drug-likeness (QED) is 0.765. The molecule has 1 atom stereocenters. The molecule has 0 saturated heterocycles. The fraction of sp³-hybridized carbons (Fsp3) is 0.500. The Bertz CT molecular complexity index is 696. The Kier molecular flexibility index (Phi) is 5.71. The van der Waals surface area contributed by atoms with Crippen LogP contribution in [0.3, 0.4) is 0 Å². The van der Waals surface area contributed by atoms with Crippen LogP contribution in [0, 0.1) is 6.92 Å². The van der Waals surface area contributed by atoms with Crippen molar-refractivity contribution in [3.63, 3.8) is 0 Å². The molecule has 6 nitrogen and oxygen atoms in total. The fourth-order valence-electron chi connectivity index (χ4n) is 1.74. The highest BCUT2D eigenvalue weighted by Crippen LogP contribution is 2.22. The normalized spacial score (nSPS) is 13.9. The molecule has 120 valence electrons. The molecule has 0 aliphatic rings. The van der Waals surface area contributed by atoms with Crippen molar-refractivity contribution in [2.24, 2.45) is 0 Å². The van der Waals surface area contributed by atoms with E-state index in [2.05, 4.69) is 4.72 Å². The lowest BCUT2D eigenvalue weighted by atomic mass is 10.2. The summed E-state index contributed by atoms with van der Waals surface area (Å²) in [4.78, 5) is -0.554. The van der Waals surface area contributed by atoms with Gasteiger partial charge in [-0.1, -0.05) is 13.0 Å². The van der Waals surface area contributed by atoms with Gasteiger partial charge in [0.25, 0.3) is 0 Å². The number of aryl methyl sites for hydroxylation is 1. The molecular formula is C12H18FNO5S2. The Morgan fingerprint density at radius 2 is 1.90 bits per heavy atom. The van der Waals surface area contributed by atoms with Crippen LogP contribution in [0.5, 0.6) is 0 Å². The highest BCUT2D eigenvalue weighted by atomic mass is 32.3. The maximum atomic E-state index is 13.1. The molecule has 0 spiro atoms. The summed E-state index contributed by atoms with van der Waals surface area (Å²) in [5, 5.41) is 0. The molecule has 0 radical (unpaired) electrons. The lowest BCUT2D eigenvalue weighted by Crippen LogP contribution is -2.27. The van der Waals surface area contributed by atoms with Crippen LogP contribution in [0.15, 0.2) is 23.1 Å². The zero-order valence-corrected chi connectivity index (χ0v) is 13.6. The molecule has 1 aromatic carbocycles. The number of benzene rings is 1. The topological polar surface area (TPSA) is 89.5 Å². The number of hydrogen-bond acceptors (Lipinski definition) is 5. The Hall–Kier alpha value is -1.19. The van der Waals surface area contributed by atoms with Crippen molar-refractivity contribution in [2.75, 3.05) is 17.6 Å². The molecule has 0 amide bonds. The molecule has 0 saturated carbocycles. The molecule has 21 heavy (non-hydrogen) atoms. The largest absolute Gasteiger partial charge is 0.380 e. The van der Waals surface area contributed by atoms with E-state index in [-0.39, 0.29) is 17.0 Å². The maximum Gasteiger partial charge on any atom is 0.332 e. The smallest absolute Gasteiger partial charge is 0.332 e. The molecule has 1 aromatic rings. The number of nitrogens with one attached hydrogen (secondary N) is 1. The van der Waals surface area contributed by atoms with Gasteiger partial charge in [-0.2, -0.15) is 8.42 Å². The third-order valence-electron chi connectivity index (χ3n) is 2.92. The number of ether oxygens (including phenoxy) is 1. The summed E-state index contributed by atoms with van der Waals surface area (Å²) >= 11 is 0. The van der Waals surface area contributed by atoms with Gasteiger partial charge in [0.05, 0.1) is 11.9 Å². The van der Waals surface area contributed by atoms with Gasteiger partial charge in [0.15, 0.2) is 0 Å². The Morgan fingerprint density at radius 3 is 2.38 bits per heavy atom. The van der Waals surface area contributed by atoms with E-state index in [9.17, 15) is 20.7 Å². The Labute approximate surface area is 124 Å². The first-order valence-electron chi connectivity index (χ1n) is 6.17. The first-order chi connectivity index (χ1) is 9.59. The third kappa shape index (κ3) is 5.25. The second kappa shape index (κ2) is 6.71. The molecule has 1 rings (SSSR count). The summed E-state index contributed by atoms with van der Waals surface area (Å²) in [5.74, 6) is -0.272. The predicted octanol–water partition coefficient (Wildman–Crippen LogP) is 1.82. The van der Waals surface area contributed by atoms with E-state index in [1.807, 2.05) is 0 Å². The molecule has 0 fully saturated rings. The van der Waals surface area contributed by atoms with Gasteiger partial charge < -0.3 is 4.74 Å². The predicted molar refractivity (Wildman–Crippen MR) is 78.0 cm³/mol. The molecule has 0 bridgehead atoms. The number of methoxy groups -OCH3 is 1. The number of hydrogen-bond donors (Lipinski definition) is 1. The van der Waals surface area contributed by atoms with Gasteiger partial charge in [0, 0.05) is 12.8 Å². The first-order valence-corrected chi connectivity index (χ1v) is 9.21. The number of halogens is 1. The number of anilines is 1. The van der Waals surface area contributed by atoms with Crippen molar-refractivity contribution in [3.05, 3.63) is 23.8 Å². The van der Waals surface area contributed by atoms with Crippen molar-refractivity contribution in [3.8, 4) is 0 Å². The van der Waals surface area contributed by atoms with E-state index in [0.717, 1.165) is 6.07 Å². The van der Waals surface area contributed by atoms with Crippen LogP contribution in [0.1, 0.15) is 18.9 Å². The summed E-state index contributed by atoms with van der Waals surface area (Å²) in [6, 6.07) is 3.66. The van der Waals surface area contributed by atoms with Gasteiger partial charge in [-0.25, -0.2) is 8.42 Å². The zero-order chi connectivity index (χ0) is 16.3. The highest BCUT2D eigenvalue weighted by Gasteiger charge is 2.20. The monoisotopic (exact) mass is 339 g/mol. The van der Waals surface area contributed by atoms with Gasteiger partial charge in [-0.05, 0) is 31.0 Å². The molecule has 9 heteroatoms. The third-order valence-corrected chi connectivity index (χ3v) is 5.24. The number of sulfonamides is 1. The molecule has 0 aliphatic carbocycles. The summed E-state index contributed by atoms with van der Waals surface area (Å²) in [5.41, 5.74) is 0.187. The van der Waals surface area contributed by atoms with Crippen molar-refractivity contribution >= 4 is 25.9 Å². The van der Waals surface area contributed by atoms with Gasteiger partial charge in [-0.15, -0.1) is 3.89 Å². The van der Waals surface area contributed by atoms with Gasteiger partial charge in [-0.3, -0.25) is 4.72 Å². The SMILES string of the molecule is CCC(CS(=O)(=O)Nc1ccc(C)c(S(=O)(=O)F)c1)OC. The van der Waals surface area contributed by atoms with E-state index >= 15 is 0 Å². The van der Waals surface area contributed by atoms with Crippen LogP contribution in [0.4, 0.5) is 9.57 Å². The summed E-state index contributed by atoms with van der Waals surface area (Å²) < 4.78 is 66.1. The minimum absolute atomic E-state index is 0.0113. The minimum atomic E-state index is -4.90. The van der Waals surface area contributed by atoms with E-state index in [1.165, 1.54) is 26.2 Å². The Morgan fingerprint density at radius 1 is 1.29 bits per heavy atom. The van der Waals surface area contributed by atoms with E-state index in [0.29, 0.717) is 6.42 Å². The maximum absolute atomic E-state index is 13.1. The van der Waals surface area contributed by atoms with Crippen molar-refractivity contribution in [1.29, 1.82) is 0 Å². The standard InChI is InChI=1S/C12H18FNO5S2/c1-4-11(19-3)8-20(15,16)14-10-6-5-9(2)12(7-10)21(13,17)18/h5-7,11,14H,4,8H2,1-3H3. The Balaban J connectivity index is 3.04. The molecule has 0 aromatic heterocycles. The van der Waals surface area contributed by atoms with Gasteiger partial charge in [0.1, 0.15) is 4.90 Å². The molecule has 1 N–H and O–H groups in total. The van der Waals surface area contributed by atoms with E-state index in [4.69, 9.17) is 4.74 Å². The summed E-state index contributed by atoms with van der Waals surface area (Å²) in [6.07, 6.45) is 0.0346. The van der Waals surface area contributed by atoms with Crippen LogP contribution < -0.4 is 4.72 Å². The first kappa shape index (κ1) is 17.9. The second-order valence-electron chi connectivity index (χ2n) is 4.57. The van der Waals surface area contributed by atoms with Gasteiger partial charge >= 0.3 is 10.2 Å². The van der Waals surface area contributed by atoms with Crippen molar-refractivity contribution in [1.82, 2.24) is 0 Å². The van der Waals surface area contributed by atoms with Crippen molar-refractivity contribution in [2.45, 2.75) is 31.3 Å². The van der Waals surface area contributed by atoms with E-state index < -0.39 is 31.2 Å². The second-order valence-corrected chi connectivity index (χ2v) is 7.65. The highest BCUT2D eigenvalue weighted by molar-refractivity contribution is 7.92. The molecule has 0 aliphatic heterocycles. The average Bonchev–Trinajstić information content (AvgIpc) is 2.36. The van der Waals surface area contributed by atoms with E-state index in [1.54, 1.807) is 6.92 Å². The lowest BCUT2D eigenvalue weighted by molar-refractivity contribution is 0.117. The zero-order valence-electron chi connectivity index (χ0n) is 12.0. The van der Waals surface area contributed by atoms with Crippen LogP contribution in [-0.4, -0.2) is 35.8 Å². The van der Waals surface area contributed by atoms with Crippen molar-refractivity contribution < 1.29 is 25.5 Å². The molecule has 1 unspecified atom stereocenters.